The van der Waals surface area contributed by atoms with Crippen LogP contribution in [0.15, 0.2) is 89.9 Å². The first kappa shape index (κ1) is 24.3. The SMILES string of the molecule is N#Cc1c(N2CCC(c3ccccc3)CC2)c(C(=O)OCCCc2ccccc2)c2ccccn2c1=O. The van der Waals surface area contributed by atoms with Gasteiger partial charge in [0.25, 0.3) is 5.56 Å². The van der Waals surface area contributed by atoms with Gasteiger partial charge >= 0.3 is 5.97 Å². The number of pyridine rings is 2. The van der Waals surface area contributed by atoms with E-state index in [0.29, 0.717) is 36.6 Å². The number of rotatable bonds is 7. The van der Waals surface area contributed by atoms with Gasteiger partial charge in [-0.05, 0) is 54.9 Å². The van der Waals surface area contributed by atoms with Crippen molar-refractivity contribution in [1.82, 2.24) is 4.40 Å². The van der Waals surface area contributed by atoms with Crippen LogP contribution in [0.5, 0.6) is 0 Å². The van der Waals surface area contributed by atoms with Gasteiger partial charge in [0.15, 0.2) is 0 Å². The fourth-order valence-electron chi connectivity index (χ4n) is 5.23. The summed E-state index contributed by atoms with van der Waals surface area (Å²) >= 11 is 0. The summed E-state index contributed by atoms with van der Waals surface area (Å²) in [5.41, 5.74) is 3.19. The first-order valence-electron chi connectivity index (χ1n) is 12.8. The lowest BCUT2D eigenvalue weighted by molar-refractivity contribution is 0.0503. The molecule has 5 rings (SSSR count). The molecule has 186 valence electrons. The van der Waals surface area contributed by atoms with Gasteiger partial charge in [0.2, 0.25) is 0 Å². The van der Waals surface area contributed by atoms with Crippen molar-refractivity contribution in [3.8, 4) is 6.07 Å². The van der Waals surface area contributed by atoms with E-state index < -0.39 is 11.5 Å². The molecule has 2 aromatic carbocycles. The van der Waals surface area contributed by atoms with Gasteiger partial charge in [0.05, 0.1) is 17.8 Å². The summed E-state index contributed by atoms with van der Waals surface area (Å²) in [6.07, 6.45) is 4.81. The Kier molecular flexibility index (Phi) is 7.32. The summed E-state index contributed by atoms with van der Waals surface area (Å²) in [6.45, 7) is 1.54. The third-order valence-electron chi connectivity index (χ3n) is 7.11. The lowest BCUT2D eigenvalue weighted by Crippen LogP contribution is -2.37. The molecule has 0 amide bonds. The van der Waals surface area contributed by atoms with Crippen LogP contribution in [0.4, 0.5) is 5.69 Å². The van der Waals surface area contributed by atoms with Crippen molar-refractivity contribution < 1.29 is 9.53 Å². The number of ether oxygens (including phenoxy) is 1. The van der Waals surface area contributed by atoms with Crippen LogP contribution in [0.1, 0.15) is 52.2 Å². The number of nitrogens with zero attached hydrogens (tertiary/aromatic N) is 3. The van der Waals surface area contributed by atoms with Crippen LogP contribution in [0.2, 0.25) is 0 Å². The quantitative estimate of drug-likeness (QED) is 0.258. The van der Waals surface area contributed by atoms with Gasteiger partial charge in [-0.25, -0.2) is 4.79 Å². The summed E-state index contributed by atoms with van der Waals surface area (Å²) in [5.74, 6) is -0.105. The van der Waals surface area contributed by atoms with Crippen LogP contribution in [-0.4, -0.2) is 30.1 Å². The van der Waals surface area contributed by atoms with Crippen molar-refractivity contribution in [2.75, 3.05) is 24.6 Å². The van der Waals surface area contributed by atoms with Gasteiger partial charge < -0.3 is 9.64 Å². The van der Waals surface area contributed by atoms with Crippen molar-refractivity contribution in [3.63, 3.8) is 0 Å². The average molecular weight is 492 g/mol. The number of aryl methyl sites for hydroxylation is 1. The van der Waals surface area contributed by atoms with E-state index >= 15 is 0 Å². The maximum absolute atomic E-state index is 13.5. The summed E-state index contributed by atoms with van der Waals surface area (Å²) < 4.78 is 7.10. The highest BCUT2D eigenvalue weighted by Gasteiger charge is 2.30. The Balaban J connectivity index is 1.44. The molecule has 1 aliphatic rings. The lowest BCUT2D eigenvalue weighted by Gasteiger charge is -2.35. The zero-order chi connectivity index (χ0) is 25.6. The highest BCUT2D eigenvalue weighted by molar-refractivity contribution is 6.04. The number of hydrogen-bond acceptors (Lipinski definition) is 5. The van der Waals surface area contributed by atoms with E-state index in [1.54, 1.807) is 24.4 Å². The number of carbonyl (C=O) groups excluding carboxylic acids is 1. The third-order valence-corrected chi connectivity index (χ3v) is 7.11. The topological polar surface area (TPSA) is 74.8 Å². The van der Waals surface area contributed by atoms with Crippen LogP contribution in [0.25, 0.3) is 5.52 Å². The van der Waals surface area contributed by atoms with E-state index in [2.05, 4.69) is 30.3 Å². The van der Waals surface area contributed by atoms with Crippen LogP contribution in [-0.2, 0) is 11.2 Å². The Morgan fingerprint density at radius 2 is 1.62 bits per heavy atom. The molecule has 0 radical (unpaired) electrons. The van der Waals surface area contributed by atoms with Crippen LogP contribution < -0.4 is 10.5 Å². The minimum Gasteiger partial charge on any atom is -0.462 e. The first-order valence-corrected chi connectivity index (χ1v) is 12.8. The highest BCUT2D eigenvalue weighted by Crippen LogP contribution is 2.34. The zero-order valence-corrected chi connectivity index (χ0v) is 20.7. The molecular formula is C31H29N3O3. The second kappa shape index (κ2) is 11.1. The number of aromatic nitrogens is 1. The van der Waals surface area contributed by atoms with E-state index in [9.17, 15) is 14.9 Å². The van der Waals surface area contributed by atoms with Crippen LogP contribution >= 0.6 is 0 Å². The molecule has 4 aromatic rings. The van der Waals surface area contributed by atoms with Gasteiger partial charge in [-0.15, -0.1) is 0 Å². The molecule has 0 aliphatic carbocycles. The monoisotopic (exact) mass is 491 g/mol. The van der Waals surface area contributed by atoms with Gasteiger partial charge in [0.1, 0.15) is 17.2 Å². The van der Waals surface area contributed by atoms with Gasteiger partial charge in [-0.2, -0.15) is 5.26 Å². The predicted octanol–water partition coefficient (Wildman–Crippen LogP) is 5.34. The summed E-state index contributed by atoms with van der Waals surface area (Å²) in [4.78, 5) is 28.8. The largest absolute Gasteiger partial charge is 0.462 e. The molecule has 0 saturated carbocycles. The fraction of sp³-hybridized carbons (Fsp3) is 0.258. The Morgan fingerprint density at radius 3 is 2.32 bits per heavy atom. The van der Waals surface area contributed by atoms with Crippen LogP contribution in [0.3, 0.4) is 0 Å². The molecule has 0 unspecified atom stereocenters. The predicted molar refractivity (Wildman–Crippen MR) is 144 cm³/mol. The number of piperidine rings is 1. The minimum absolute atomic E-state index is 0.0157. The normalized spacial score (nSPS) is 13.9. The molecule has 0 atom stereocenters. The van der Waals surface area contributed by atoms with Crippen molar-refractivity contribution >= 4 is 17.2 Å². The number of nitriles is 1. The van der Waals surface area contributed by atoms with E-state index in [1.807, 2.05) is 41.3 Å². The van der Waals surface area contributed by atoms with Gasteiger partial charge in [-0.3, -0.25) is 9.20 Å². The number of carbonyl (C=O) groups is 1. The molecule has 1 fully saturated rings. The van der Waals surface area contributed by atoms with Gasteiger partial charge in [0, 0.05) is 19.3 Å². The molecule has 6 heteroatoms. The molecule has 3 heterocycles. The third kappa shape index (κ3) is 5.12. The Labute approximate surface area is 216 Å². The minimum atomic E-state index is -0.506. The number of benzene rings is 2. The summed E-state index contributed by atoms with van der Waals surface area (Å²) in [6, 6.07) is 27.8. The Bertz CT molecular complexity index is 1480. The number of hydrogen-bond donors (Lipinski definition) is 0. The Morgan fingerprint density at radius 1 is 0.946 bits per heavy atom. The van der Waals surface area contributed by atoms with E-state index in [0.717, 1.165) is 19.3 Å². The van der Waals surface area contributed by atoms with Crippen molar-refractivity contribution in [1.29, 1.82) is 5.26 Å². The molecule has 0 bridgehead atoms. The second-order valence-electron chi connectivity index (χ2n) is 9.37. The van der Waals surface area contributed by atoms with E-state index in [4.69, 9.17) is 4.74 Å². The maximum atomic E-state index is 13.5. The summed E-state index contributed by atoms with van der Waals surface area (Å²) in [5, 5.41) is 10.0. The number of anilines is 1. The highest BCUT2D eigenvalue weighted by atomic mass is 16.5. The van der Waals surface area contributed by atoms with Crippen molar-refractivity contribution in [2.45, 2.75) is 31.6 Å². The van der Waals surface area contributed by atoms with Crippen molar-refractivity contribution in [3.05, 3.63) is 118 Å². The fourth-order valence-corrected chi connectivity index (χ4v) is 5.23. The molecule has 6 nitrogen and oxygen atoms in total. The standard InChI is InChI=1S/C31H29N3O3/c32-22-26-29(33-19-16-25(17-20-33)24-13-5-2-6-14-24)28(27-15-7-8-18-34(27)30(26)35)31(36)37-21-9-12-23-10-3-1-4-11-23/h1-8,10-11,13-15,18,25H,9,12,16-17,19-21H2. The molecule has 1 aliphatic heterocycles. The molecule has 1 saturated heterocycles. The van der Waals surface area contributed by atoms with Crippen LogP contribution in [0, 0.1) is 11.3 Å². The average Bonchev–Trinajstić information content (AvgIpc) is 2.96. The first-order chi connectivity index (χ1) is 18.2. The van der Waals surface area contributed by atoms with Gasteiger partial charge in [-0.1, -0.05) is 66.7 Å². The van der Waals surface area contributed by atoms with Crippen molar-refractivity contribution in [2.24, 2.45) is 0 Å². The molecule has 37 heavy (non-hydrogen) atoms. The molecule has 0 spiro atoms. The molecular weight excluding hydrogens is 462 g/mol. The van der Waals surface area contributed by atoms with E-state index in [-0.39, 0.29) is 17.7 Å². The second-order valence-corrected chi connectivity index (χ2v) is 9.37. The zero-order valence-electron chi connectivity index (χ0n) is 20.7. The smallest absolute Gasteiger partial charge is 0.342 e. The Hall–Kier alpha value is -4.37. The summed E-state index contributed by atoms with van der Waals surface area (Å²) in [7, 11) is 0. The number of fused-ring (bicyclic) bond motifs is 1. The number of esters is 1. The van der Waals surface area contributed by atoms with E-state index in [1.165, 1.54) is 15.5 Å². The lowest BCUT2D eigenvalue weighted by atomic mass is 9.89. The maximum Gasteiger partial charge on any atom is 0.342 e. The molecule has 2 aromatic heterocycles. The molecule has 0 N–H and O–H groups in total.